The van der Waals surface area contributed by atoms with Crippen LogP contribution in [-0.4, -0.2) is 27.8 Å². The Balaban J connectivity index is 2.75. The van der Waals surface area contributed by atoms with Gasteiger partial charge >= 0.3 is 0 Å². The van der Waals surface area contributed by atoms with Crippen molar-refractivity contribution in [1.82, 2.24) is 15.2 Å². The number of aromatic nitrogens is 3. The molecule has 1 heterocycles. The van der Waals surface area contributed by atoms with Crippen LogP contribution in [0.4, 0.5) is 11.9 Å². The Hall–Kier alpha value is -1.26. The van der Waals surface area contributed by atoms with E-state index < -0.39 is 0 Å². The maximum Gasteiger partial charge on any atom is 0.246 e. The molecule has 13 heavy (non-hydrogen) atoms. The molecule has 5 heteroatoms. The summed E-state index contributed by atoms with van der Waals surface area (Å²) in [5.74, 6) is 1.06. The van der Waals surface area contributed by atoms with E-state index in [1.807, 2.05) is 0 Å². The Bertz CT molecular complexity index is 255. The van der Waals surface area contributed by atoms with Gasteiger partial charge in [-0.1, -0.05) is 6.92 Å². The molecule has 1 aromatic rings. The Morgan fingerprint density at radius 1 is 1.54 bits per heavy atom. The van der Waals surface area contributed by atoms with E-state index in [0.29, 0.717) is 17.9 Å². The molecule has 0 aliphatic heterocycles. The summed E-state index contributed by atoms with van der Waals surface area (Å²) in [4.78, 5) is 6.21. The minimum absolute atomic E-state index is 0.372. The maximum absolute atomic E-state index is 5.46. The third-order valence-electron chi connectivity index (χ3n) is 1.84. The molecule has 0 saturated heterocycles. The first-order chi connectivity index (χ1) is 6.15. The fourth-order valence-electron chi connectivity index (χ4n) is 1.22. The van der Waals surface area contributed by atoms with Crippen molar-refractivity contribution < 1.29 is 0 Å². The number of anilines is 2. The van der Waals surface area contributed by atoms with Crippen molar-refractivity contribution in [2.24, 2.45) is 0 Å². The van der Waals surface area contributed by atoms with Gasteiger partial charge in [-0.25, -0.2) is 5.10 Å². The second kappa shape index (κ2) is 4.11. The molecule has 0 amide bonds. The highest BCUT2D eigenvalue weighted by Gasteiger charge is 2.13. The third-order valence-corrected chi connectivity index (χ3v) is 1.84. The highest BCUT2D eigenvalue weighted by Crippen LogP contribution is 2.11. The Morgan fingerprint density at radius 2 is 2.23 bits per heavy atom. The Morgan fingerprint density at radius 3 is 2.62 bits per heavy atom. The first-order valence-corrected chi connectivity index (χ1v) is 4.59. The monoisotopic (exact) mass is 183 g/mol. The number of nitrogen functional groups attached to an aromatic ring is 1. The molecule has 1 aromatic heterocycles. The molecule has 0 fully saturated rings. The van der Waals surface area contributed by atoms with Crippen LogP contribution in [0, 0.1) is 0 Å². The van der Waals surface area contributed by atoms with Gasteiger partial charge in [0.1, 0.15) is 0 Å². The summed E-state index contributed by atoms with van der Waals surface area (Å²) in [6, 6.07) is 0.398. The first-order valence-electron chi connectivity index (χ1n) is 4.59. The summed E-state index contributed by atoms with van der Waals surface area (Å²) >= 11 is 0. The van der Waals surface area contributed by atoms with Crippen molar-refractivity contribution in [1.29, 1.82) is 0 Å². The molecule has 0 aliphatic carbocycles. The average molecular weight is 183 g/mol. The lowest BCUT2D eigenvalue weighted by atomic mass is 10.3. The second-order valence-electron chi connectivity index (χ2n) is 3.31. The van der Waals surface area contributed by atoms with Crippen LogP contribution in [0.1, 0.15) is 27.2 Å². The largest absolute Gasteiger partial charge is 0.368 e. The smallest absolute Gasteiger partial charge is 0.246 e. The van der Waals surface area contributed by atoms with Crippen molar-refractivity contribution in [3.63, 3.8) is 0 Å². The number of H-pyrrole nitrogens is 1. The minimum Gasteiger partial charge on any atom is -0.368 e. The summed E-state index contributed by atoms with van der Waals surface area (Å²) in [7, 11) is 0. The number of hydrogen-bond acceptors (Lipinski definition) is 4. The number of aromatic amines is 1. The summed E-state index contributed by atoms with van der Waals surface area (Å²) in [6.07, 6.45) is 1.08. The van der Waals surface area contributed by atoms with Crippen LogP contribution in [0.2, 0.25) is 0 Å². The van der Waals surface area contributed by atoms with E-state index in [0.717, 1.165) is 13.0 Å². The predicted molar refractivity (Wildman–Crippen MR) is 53.6 cm³/mol. The molecule has 0 spiro atoms. The zero-order valence-corrected chi connectivity index (χ0v) is 8.41. The van der Waals surface area contributed by atoms with Crippen LogP contribution in [0.5, 0.6) is 0 Å². The fraction of sp³-hybridized carbons (Fsp3) is 0.750. The van der Waals surface area contributed by atoms with E-state index in [4.69, 9.17) is 5.73 Å². The van der Waals surface area contributed by atoms with Gasteiger partial charge in [0.15, 0.2) is 0 Å². The lowest BCUT2D eigenvalue weighted by Gasteiger charge is -2.24. The van der Waals surface area contributed by atoms with E-state index in [2.05, 4.69) is 40.9 Å². The van der Waals surface area contributed by atoms with Crippen LogP contribution < -0.4 is 10.6 Å². The lowest BCUT2D eigenvalue weighted by molar-refractivity contribution is 0.653. The zero-order chi connectivity index (χ0) is 9.84. The first kappa shape index (κ1) is 9.83. The topological polar surface area (TPSA) is 70.8 Å². The molecule has 0 unspecified atom stereocenters. The van der Waals surface area contributed by atoms with E-state index >= 15 is 0 Å². The predicted octanol–water partition coefficient (Wildman–Crippen LogP) is 1.01. The molecular formula is C8H17N5. The van der Waals surface area contributed by atoms with Crippen molar-refractivity contribution in [2.75, 3.05) is 17.2 Å². The quantitative estimate of drug-likeness (QED) is 0.731. The van der Waals surface area contributed by atoms with E-state index in [-0.39, 0.29) is 0 Å². The molecule has 0 saturated carbocycles. The molecule has 74 valence electrons. The molecule has 0 bridgehead atoms. The Labute approximate surface area is 78.3 Å². The highest BCUT2D eigenvalue weighted by molar-refractivity contribution is 5.34. The number of rotatable bonds is 4. The van der Waals surface area contributed by atoms with Crippen molar-refractivity contribution in [3.8, 4) is 0 Å². The second-order valence-corrected chi connectivity index (χ2v) is 3.31. The molecular weight excluding hydrogens is 166 g/mol. The van der Waals surface area contributed by atoms with Crippen molar-refractivity contribution >= 4 is 11.9 Å². The average Bonchev–Trinajstić information content (AvgIpc) is 2.46. The standard InChI is InChI=1S/C8H17N5/c1-4-5-13(6(2)3)8-10-7(9)11-12-8/h6H,4-5H2,1-3H3,(H3,9,10,11,12). The van der Waals surface area contributed by atoms with Gasteiger partial charge in [-0.3, -0.25) is 0 Å². The van der Waals surface area contributed by atoms with Crippen LogP contribution >= 0.6 is 0 Å². The lowest BCUT2D eigenvalue weighted by Crippen LogP contribution is -2.32. The number of hydrogen-bond donors (Lipinski definition) is 2. The van der Waals surface area contributed by atoms with E-state index in [9.17, 15) is 0 Å². The van der Waals surface area contributed by atoms with Crippen LogP contribution in [0.15, 0.2) is 0 Å². The van der Waals surface area contributed by atoms with Gasteiger partial charge in [0, 0.05) is 12.6 Å². The highest BCUT2D eigenvalue weighted by atomic mass is 15.4. The van der Waals surface area contributed by atoms with Gasteiger partial charge in [0.25, 0.3) is 0 Å². The summed E-state index contributed by atoms with van der Waals surface area (Å²) in [5, 5.41) is 6.66. The molecule has 0 radical (unpaired) electrons. The zero-order valence-electron chi connectivity index (χ0n) is 8.41. The number of nitrogens with one attached hydrogen (secondary N) is 1. The third kappa shape index (κ3) is 2.34. The van der Waals surface area contributed by atoms with Gasteiger partial charge in [0.05, 0.1) is 0 Å². The molecule has 0 atom stereocenters. The van der Waals surface area contributed by atoms with Crippen LogP contribution in [0.25, 0.3) is 0 Å². The van der Waals surface area contributed by atoms with Gasteiger partial charge < -0.3 is 10.6 Å². The SMILES string of the molecule is CCCN(c1n[nH]c(N)n1)C(C)C. The summed E-state index contributed by atoms with van der Waals surface area (Å²) < 4.78 is 0. The van der Waals surface area contributed by atoms with E-state index in [1.54, 1.807) is 0 Å². The minimum atomic E-state index is 0.372. The van der Waals surface area contributed by atoms with Crippen LogP contribution in [0.3, 0.4) is 0 Å². The molecule has 3 N–H and O–H groups in total. The van der Waals surface area contributed by atoms with Gasteiger partial charge in [-0.05, 0) is 20.3 Å². The molecule has 0 aliphatic rings. The maximum atomic E-state index is 5.46. The molecule has 0 aromatic carbocycles. The number of nitrogens with two attached hydrogens (primary N) is 1. The van der Waals surface area contributed by atoms with Gasteiger partial charge in [0.2, 0.25) is 11.9 Å². The van der Waals surface area contributed by atoms with Crippen LogP contribution in [-0.2, 0) is 0 Å². The fourth-order valence-corrected chi connectivity index (χ4v) is 1.22. The number of nitrogens with zero attached hydrogens (tertiary/aromatic N) is 3. The summed E-state index contributed by atoms with van der Waals surface area (Å²) in [5.41, 5.74) is 5.46. The Kier molecular flexibility index (Phi) is 3.11. The molecule has 5 nitrogen and oxygen atoms in total. The van der Waals surface area contributed by atoms with E-state index in [1.165, 1.54) is 0 Å². The normalized spacial score (nSPS) is 10.8. The van der Waals surface area contributed by atoms with Crippen molar-refractivity contribution in [3.05, 3.63) is 0 Å². The van der Waals surface area contributed by atoms with Crippen molar-refractivity contribution in [2.45, 2.75) is 33.2 Å². The summed E-state index contributed by atoms with van der Waals surface area (Å²) in [6.45, 7) is 7.31. The van der Waals surface area contributed by atoms with Gasteiger partial charge in [-0.15, -0.1) is 5.10 Å². The molecule has 1 rings (SSSR count). The van der Waals surface area contributed by atoms with Gasteiger partial charge in [-0.2, -0.15) is 4.98 Å².